The van der Waals surface area contributed by atoms with Crippen LogP contribution in [-0.4, -0.2) is 29.9 Å². The first-order chi connectivity index (χ1) is 12.1. The van der Waals surface area contributed by atoms with Crippen molar-refractivity contribution in [2.45, 2.75) is 25.3 Å². The van der Waals surface area contributed by atoms with E-state index in [2.05, 4.69) is 0 Å². The minimum absolute atomic E-state index is 0.0467. The Morgan fingerprint density at radius 2 is 1.80 bits per heavy atom. The molecule has 1 heterocycles. The van der Waals surface area contributed by atoms with Crippen LogP contribution >= 0.6 is 0 Å². The number of nitrogens with zero attached hydrogens (tertiary/aromatic N) is 1. The molecule has 6 heteroatoms. The molecule has 3 rings (SSSR count). The van der Waals surface area contributed by atoms with Crippen molar-refractivity contribution in [3.05, 3.63) is 59.7 Å². The van der Waals surface area contributed by atoms with Gasteiger partial charge in [-0.25, -0.2) is 8.78 Å². The molecule has 1 atom stereocenters. The molecule has 0 spiro atoms. The van der Waals surface area contributed by atoms with Crippen molar-refractivity contribution in [2.24, 2.45) is 5.73 Å². The Balaban J connectivity index is 1.71. The number of amides is 1. The fourth-order valence-electron chi connectivity index (χ4n) is 3.02. The molecule has 132 valence electrons. The quantitative estimate of drug-likeness (QED) is 0.918. The third-order valence-corrected chi connectivity index (χ3v) is 4.39. The summed E-state index contributed by atoms with van der Waals surface area (Å²) in [5.41, 5.74) is 6.32. The van der Waals surface area contributed by atoms with Gasteiger partial charge in [-0.3, -0.25) is 4.79 Å². The molecule has 0 radical (unpaired) electrons. The van der Waals surface area contributed by atoms with Gasteiger partial charge < -0.3 is 15.4 Å². The number of nitrogens with two attached hydrogens (primary N) is 1. The first-order valence-corrected chi connectivity index (χ1v) is 8.32. The molecule has 1 aliphatic rings. The van der Waals surface area contributed by atoms with Crippen LogP contribution in [0.2, 0.25) is 0 Å². The second-order valence-corrected chi connectivity index (χ2v) is 6.09. The molecule has 0 saturated carbocycles. The fourth-order valence-corrected chi connectivity index (χ4v) is 3.02. The lowest BCUT2D eigenvalue weighted by atomic mass is 10.0. The predicted molar refractivity (Wildman–Crippen MR) is 90.6 cm³/mol. The second-order valence-electron chi connectivity index (χ2n) is 6.09. The van der Waals surface area contributed by atoms with Crippen LogP contribution in [0.5, 0.6) is 11.5 Å². The monoisotopic (exact) mass is 346 g/mol. The van der Waals surface area contributed by atoms with Gasteiger partial charge in [-0.05, 0) is 55.7 Å². The van der Waals surface area contributed by atoms with Gasteiger partial charge in [-0.2, -0.15) is 0 Å². The zero-order chi connectivity index (χ0) is 17.8. The van der Waals surface area contributed by atoms with Gasteiger partial charge in [-0.15, -0.1) is 0 Å². The first kappa shape index (κ1) is 17.4. The number of hydrogen-bond donors (Lipinski definition) is 1. The largest absolute Gasteiger partial charge is 0.457 e. The zero-order valence-electron chi connectivity index (χ0n) is 13.8. The molecule has 1 aliphatic heterocycles. The smallest absolute Gasteiger partial charge is 0.254 e. The van der Waals surface area contributed by atoms with E-state index in [0.29, 0.717) is 24.4 Å². The van der Waals surface area contributed by atoms with Gasteiger partial charge in [0.25, 0.3) is 5.91 Å². The van der Waals surface area contributed by atoms with Crippen LogP contribution in [0.3, 0.4) is 0 Å². The van der Waals surface area contributed by atoms with Gasteiger partial charge in [0.15, 0.2) is 11.6 Å². The van der Waals surface area contributed by atoms with Gasteiger partial charge in [0.05, 0.1) is 0 Å². The first-order valence-electron chi connectivity index (χ1n) is 8.32. The van der Waals surface area contributed by atoms with Gasteiger partial charge >= 0.3 is 0 Å². The highest BCUT2D eigenvalue weighted by Crippen LogP contribution is 2.25. The third-order valence-electron chi connectivity index (χ3n) is 4.39. The number of carbonyl (C=O) groups excluding carboxylic acids is 1. The van der Waals surface area contributed by atoms with Crippen molar-refractivity contribution in [3.8, 4) is 11.5 Å². The molecule has 0 aliphatic carbocycles. The number of rotatable bonds is 4. The van der Waals surface area contributed by atoms with Crippen LogP contribution < -0.4 is 10.5 Å². The second kappa shape index (κ2) is 7.61. The molecule has 1 saturated heterocycles. The van der Waals surface area contributed by atoms with Crippen LogP contribution in [0.4, 0.5) is 8.78 Å². The van der Waals surface area contributed by atoms with E-state index in [-0.39, 0.29) is 17.7 Å². The van der Waals surface area contributed by atoms with E-state index in [4.69, 9.17) is 10.5 Å². The summed E-state index contributed by atoms with van der Waals surface area (Å²) in [6, 6.07) is 10.0. The van der Waals surface area contributed by atoms with Crippen LogP contribution in [0, 0.1) is 11.6 Å². The molecule has 0 bridgehead atoms. The highest BCUT2D eigenvalue weighted by Gasteiger charge is 2.26. The summed E-state index contributed by atoms with van der Waals surface area (Å²) in [6.07, 6.45) is 3.01. The van der Waals surface area contributed by atoms with E-state index in [1.165, 1.54) is 6.07 Å². The topological polar surface area (TPSA) is 55.6 Å². The Morgan fingerprint density at radius 1 is 1.08 bits per heavy atom. The maximum Gasteiger partial charge on any atom is 0.254 e. The molecule has 2 aromatic rings. The van der Waals surface area contributed by atoms with E-state index in [1.54, 1.807) is 24.3 Å². The summed E-state index contributed by atoms with van der Waals surface area (Å²) in [5, 5.41) is 0. The van der Waals surface area contributed by atoms with Crippen molar-refractivity contribution in [3.63, 3.8) is 0 Å². The summed E-state index contributed by atoms with van der Waals surface area (Å²) in [4.78, 5) is 14.5. The Labute approximate surface area is 145 Å². The average molecular weight is 346 g/mol. The summed E-state index contributed by atoms with van der Waals surface area (Å²) in [6.45, 7) is 1.18. The fraction of sp³-hybridized carbons (Fsp3) is 0.316. The van der Waals surface area contributed by atoms with E-state index < -0.39 is 11.6 Å². The van der Waals surface area contributed by atoms with Crippen LogP contribution in [0.25, 0.3) is 0 Å². The number of halogens is 2. The Morgan fingerprint density at radius 3 is 2.48 bits per heavy atom. The standard InChI is InChI=1S/C19H20F2N2O2/c20-17-9-8-16(11-18(17)21)25-15-6-4-13(5-7-15)19(24)23-10-2-1-3-14(23)12-22/h4-9,11,14H,1-3,10,12,22H2. The minimum Gasteiger partial charge on any atom is -0.457 e. The lowest BCUT2D eigenvalue weighted by Gasteiger charge is -2.35. The molecule has 2 aromatic carbocycles. The third kappa shape index (κ3) is 3.96. The van der Waals surface area contributed by atoms with Crippen LogP contribution in [0.15, 0.2) is 42.5 Å². The summed E-state index contributed by atoms with van der Waals surface area (Å²) in [7, 11) is 0. The Bertz CT molecular complexity index is 750. The highest BCUT2D eigenvalue weighted by atomic mass is 19.2. The lowest BCUT2D eigenvalue weighted by Crippen LogP contribution is -2.47. The normalized spacial score (nSPS) is 17.4. The highest BCUT2D eigenvalue weighted by molar-refractivity contribution is 5.94. The van der Waals surface area contributed by atoms with Gasteiger partial charge in [-0.1, -0.05) is 0 Å². The molecule has 1 unspecified atom stereocenters. The van der Waals surface area contributed by atoms with E-state index in [1.807, 2.05) is 4.90 Å². The summed E-state index contributed by atoms with van der Waals surface area (Å²) in [5.74, 6) is -1.31. The van der Waals surface area contributed by atoms with Gasteiger partial charge in [0.2, 0.25) is 0 Å². The number of piperidine rings is 1. The van der Waals surface area contributed by atoms with Crippen molar-refractivity contribution in [1.82, 2.24) is 4.90 Å². The zero-order valence-corrected chi connectivity index (χ0v) is 13.8. The number of ether oxygens (including phenoxy) is 1. The van der Waals surface area contributed by atoms with Gasteiger partial charge in [0.1, 0.15) is 11.5 Å². The minimum atomic E-state index is -0.970. The predicted octanol–water partition coefficient (Wildman–Crippen LogP) is 3.71. The Kier molecular flexibility index (Phi) is 5.28. The maximum atomic E-state index is 13.2. The van der Waals surface area contributed by atoms with E-state index >= 15 is 0 Å². The summed E-state index contributed by atoms with van der Waals surface area (Å²) >= 11 is 0. The Hall–Kier alpha value is -2.47. The molecule has 4 nitrogen and oxygen atoms in total. The lowest BCUT2D eigenvalue weighted by molar-refractivity contribution is 0.0623. The molecule has 2 N–H and O–H groups in total. The van der Waals surface area contributed by atoms with E-state index in [0.717, 1.165) is 31.4 Å². The number of hydrogen-bond acceptors (Lipinski definition) is 3. The van der Waals surface area contributed by atoms with Crippen molar-refractivity contribution >= 4 is 5.91 Å². The van der Waals surface area contributed by atoms with Crippen molar-refractivity contribution in [1.29, 1.82) is 0 Å². The molecule has 0 aromatic heterocycles. The van der Waals surface area contributed by atoms with Crippen molar-refractivity contribution < 1.29 is 18.3 Å². The molecule has 25 heavy (non-hydrogen) atoms. The number of likely N-dealkylation sites (tertiary alicyclic amines) is 1. The SMILES string of the molecule is NCC1CCCCN1C(=O)c1ccc(Oc2ccc(F)c(F)c2)cc1. The molecule has 1 fully saturated rings. The number of carbonyl (C=O) groups is 1. The summed E-state index contributed by atoms with van der Waals surface area (Å²) < 4.78 is 31.6. The van der Waals surface area contributed by atoms with Crippen LogP contribution in [-0.2, 0) is 0 Å². The van der Waals surface area contributed by atoms with Crippen molar-refractivity contribution in [2.75, 3.05) is 13.1 Å². The molecular weight excluding hydrogens is 326 g/mol. The molecular formula is C19H20F2N2O2. The van der Waals surface area contributed by atoms with Crippen LogP contribution in [0.1, 0.15) is 29.6 Å². The number of benzene rings is 2. The van der Waals surface area contributed by atoms with Gasteiger partial charge in [0, 0.05) is 30.8 Å². The molecule has 1 amide bonds. The van der Waals surface area contributed by atoms with E-state index in [9.17, 15) is 13.6 Å². The average Bonchev–Trinajstić information content (AvgIpc) is 2.65. The maximum absolute atomic E-state index is 13.2.